The molecule has 0 aromatic heterocycles. The van der Waals surface area contributed by atoms with Gasteiger partial charge in [-0.25, -0.2) is 0 Å². The SMILES string of the molecule is CC(C)(C)OC(=O)C[C@H](c1ccccc1)c1ccccc1NC(=O)C(C)(C)C. The summed E-state index contributed by atoms with van der Waals surface area (Å²) >= 11 is 0. The maximum absolute atomic E-state index is 12.6. The van der Waals surface area contributed by atoms with E-state index in [1.165, 1.54) is 0 Å². The van der Waals surface area contributed by atoms with E-state index in [0.717, 1.165) is 16.8 Å². The Morgan fingerprint density at radius 3 is 2.04 bits per heavy atom. The number of carbonyl (C=O) groups excluding carboxylic acids is 2. The summed E-state index contributed by atoms with van der Waals surface area (Å²) in [4.78, 5) is 25.2. The first kappa shape index (κ1) is 21.7. The maximum atomic E-state index is 12.6. The minimum atomic E-state index is -0.543. The van der Waals surface area contributed by atoms with Crippen LogP contribution in [0.2, 0.25) is 0 Å². The molecule has 0 bridgehead atoms. The largest absolute Gasteiger partial charge is 0.460 e. The highest BCUT2D eigenvalue weighted by atomic mass is 16.6. The third kappa shape index (κ3) is 6.22. The highest BCUT2D eigenvalue weighted by Crippen LogP contribution is 2.34. The molecule has 0 aliphatic heterocycles. The van der Waals surface area contributed by atoms with Gasteiger partial charge in [-0.15, -0.1) is 0 Å². The van der Waals surface area contributed by atoms with Gasteiger partial charge in [0.15, 0.2) is 0 Å². The molecule has 0 unspecified atom stereocenters. The van der Waals surface area contributed by atoms with Crippen molar-refractivity contribution in [3.63, 3.8) is 0 Å². The lowest BCUT2D eigenvalue weighted by Crippen LogP contribution is -2.28. The number of ether oxygens (including phenoxy) is 1. The third-order valence-electron chi connectivity index (χ3n) is 4.26. The van der Waals surface area contributed by atoms with Gasteiger partial charge in [0.1, 0.15) is 5.60 Å². The van der Waals surface area contributed by atoms with Gasteiger partial charge < -0.3 is 10.1 Å². The summed E-state index contributed by atoms with van der Waals surface area (Å²) < 4.78 is 5.56. The molecule has 0 aliphatic rings. The summed E-state index contributed by atoms with van der Waals surface area (Å²) in [5.74, 6) is -0.546. The van der Waals surface area contributed by atoms with Crippen molar-refractivity contribution in [1.29, 1.82) is 0 Å². The molecule has 150 valence electrons. The van der Waals surface area contributed by atoms with Gasteiger partial charge >= 0.3 is 5.97 Å². The zero-order chi connectivity index (χ0) is 20.9. The van der Waals surface area contributed by atoms with Crippen molar-refractivity contribution in [3.8, 4) is 0 Å². The van der Waals surface area contributed by atoms with Gasteiger partial charge in [-0.1, -0.05) is 69.3 Å². The van der Waals surface area contributed by atoms with Gasteiger partial charge in [-0.3, -0.25) is 9.59 Å². The van der Waals surface area contributed by atoms with Crippen LogP contribution < -0.4 is 5.32 Å². The lowest BCUT2D eigenvalue weighted by atomic mass is 9.87. The Balaban J connectivity index is 2.42. The van der Waals surface area contributed by atoms with E-state index in [0.29, 0.717) is 0 Å². The van der Waals surface area contributed by atoms with E-state index in [-0.39, 0.29) is 24.2 Å². The molecule has 4 heteroatoms. The van der Waals surface area contributed by atoms with Crippen molar-refractivity contribution in [2.45, 2.75) is 59.5 Å². The van der Waals surface area contributed by atoms with Gasteiger partial charge in [-0.05, 0) is 38.0 Å². The Labute approximate surface area is 168 Å². The smallest absolute Gasteiger partial charge is 0.307 e. The van der Waals surface area contributed by atoms with E-state index in [2.05, 4.69) is 5.32 Å². The molecule has 1 amide bonds. The first-order valence-electron chi connectivity index (χ1n) is 9.64. The van der Waals surface area contributed by atoms with Crippen molar-refractivity contribution < 1.29 is 14.3 Å². The van der Waals surface area contributed by atoms with Gasteiger partial charge in [0, 0.05) is 17.0 Å². The molecule has 28 heavy (non-hydrogen) atoms. The van der Waals surface area contributed by atoms with Crippen LogP contribution in [0.4, 0.5) is 5.69 Å². The summed E-state index contributed by atoms with van der Waals surface area (Å²) in [5, 5.41) is 3.03. The number of anilines is 1. The standard InChI is InChI=1S/C24H31NO3/c1-23(2,3)22(27)25-20-15-11-10-14-18(20)19(17-12-8-7-9-13-17)16-21(26)28-24(4,5)6/h7-15,19H,16H2,1-6H3,(H,25,27)/t19-/m1/s1. The summed E-state index contributed by atoms with van der Waals surface area (Å²) in [7, 11) is 0. The normalized spacial score (nSPS) is 12.9. The first-order valence-corrected chi connectivity index (χ1v) is 9.64. The van der Waals surface area contributed by atoms with E-state index in [9.17, 15) is 9.59 Å². The molecular formula is C24H31NO3. The number of hydrogen-bond donors (Lipinski definition) is 1. The van der Waals surface area contributed by atoms with Crippen LogP contribution in [-0.2, 0) is 14.3 Å². The zero-order valence-electron chi connectivity index (χ0n) is 17.7. The van der Waals surface area contributed by atoms with Crippen LogP contribution in [0.3, 0.4) is 0 Å². The topological polar surface area (TPSA) is 55.4 Å². The Kier molecular flexibility index (Phi) is 6.65. The lowest BCUT2D eigenvalue weighted by molar-refractivity contribution is -0.155. The average molecular weight is 382 g/mol. The minimum Gasteiger partial charge on any atom is -0.460 e. The third-order valence-corrected chi connectivity index (χ3v) is 4.26. The van der Waals surface area contributed by atoms with E-state index in [1.54, 1.807) is 0 Å². The van der Waals surface area contributed by atoms with Crippen LogP contribution in [0.25, 0.3) is 0 Å². The molecule has 0 aliphatic carbocycles. The van der Waals surface area contributed by atoms with Gasteiger partial charge in [0.2, 0.25) is 5.91 Å². The van der Waals surface area contributed by atoms with Crippen molar-refractivity contribution >= 4 is 17.6 Å². The molecule has 0 radical (unpaired) electrons. The lowest BCUT2D eigenvalue weighted by Gasteiger charge is -2.25. The van der Waals surface area contributed by atoms with Crippen LogP contribution in [0.5, 0.6) is 0 Å². The average Bonchev–Trinajstić information content (AvgIpc) is 2.59. The predicted molar refractivity (Wildman–Crippen MR) is 113 cm³/mol. The molecule has 0 fully saturated rings. The van der Waals surface area contributed by atoms with E-state index in [4.69, 9.17) is 4.74 Å². The van der Waals surface area contributed by atoms with Crippen molar-refractivity contribution in [1.82, 2.24) is 0 Å². The number of benzene rings is 2. The summed E-state index contributed by atoms with van der Waals surface area (Å²) in [6, 6.07) is 17.5. The summed E-state index contributed by atoms with van der Waals surface area (Å²) in [6.45, 7) is 11.2. The molecule has 2 aromatic rings. The molecule has 0 saturated carbocycles. The fourth-order valence-corrected chi connectivity index (χ4v) is 2.87. The zero-order valence-corrected chi connectivity index (χ0v) is 17.7. The van der Waals surface area contributed by atoms with E-state index >= 15 is 0 Å². The number of amides is 1. The summed E-state index contributed by atoms with van der Waals surface area (Å²) in [5.41, 5.74) is 1.57. The highest BCUT2D eigenvalue weighted by molar-refractivity contribution is 5.95. The number of para-hydroxylation sites is 1. The summed E-state index contributed by atoms with van der Waals surface area (Å²) in [6.07, 6.45) is 0.198. The van der Waals surface area contributed by atoms with Gasteiger partial charge in [0.25, 0.3) is 0 Å². The van der Waals surface area contributed by atoms with Crippen LogP contribution in [0, 0.1) is 5.41 Å². The number of rotatable bonds is 5. The van der Waals surface area contributed by atoms with Crippen molar-refractivity contribution in [2.24, 2.45) is 5.41 Å². The molecule has 2 aromatic carbocycles. The van der Waals surface area contributed by atoms with Crippen LogP contribution in [0.1, 0.15) is 65.0 Å². The fourth-order valence-electron chi connectivity index (χ4n) is 2.87. The van der Waals surface area contributed by atoms with E-state index in [1.807, 2.05) is 96.1 Å². The Hall–Kier alpha value is -2.62. The molecular weight excluding hydrogens is 350 g/mol. The molecule has 0 heterocycles. The fraction of sp³-hybridized carbons (Fsp3) is 0.417. The number of nitrogens with one attached hydrogen (secondary N) is 1. The molecule has 1 atom stereocenters. The quantitative estimate of drug-likeness (QED) is 0.692. The Morgan fingerprint density at radius 2 is 1.46 bits per heavy atom. The minimum absolute atomic E-state index is 0.0657. The second-order valence-corrected chi connectivity index (χ2v) is 9.05. The first-order chi connectivity index (χ1) is 13.0. The second-order valence-electron chi connectivity index (χ2n) is 9.05. The molecule has 2 rings (SSSR count). The molecule has 1 N–H and O–H groups in total. The highest BCUT2D eigenvalue weighted by Gasteiger charge is 2.27. The Bertz CT molecular complexity index is 814. The number of hydrogen-bond acceptors (Lipinski definition) is 3. The van der Waals surface area contributed by atoms with Crippen molar-refractivity contribution in [2.75, 3.05) is 5.32 Å². The van der Waals surface area contributed by atoms with Crippen molar-refractivity contribution in [3.05, 3.63) is 65.7 Å². The Morgan fingerprint density at radius 1 is 0.893 bits per heavy atom. The predicted octanol–water partition coefficient (Wildman–Crippen LogP) is 5.53. The molecule has 4 nitrogen and oxygen atoms in total. The van der Waals surface area contributed by atoms with Crippen LogP contribution in [0.15, 0.2) is 54.6 Å². The van der Waals surface area contributed by atoms with Crippen LogP contribution >= 0.6 is 0 Å². The number of esters is 1. The van der Waals surface area contributed by atoms with Crippen LogP contribution in [-0.4, -0.2) is 17.5 Å². The number of carbonyl (C=O) groups is 2. The molecule has 0 saturated heterocycles. The maximum Gasteiger partial charge on any atom is 0.307 e. The van der Waals surface area contributed by atoms with E-state index < -0.39 is 11.0 Å². The van der Waals surface area contributed by atoms with Gasteiger partial charge in [0.05, 0.1) is 6.42 Å². The monoisotopic (exact) mass is 381 g/mol. The molecule has 0 spiro atoms. The second kappa shape index (κ2) is 8.59. The van der Waals surface area contributed by atoms with Gasteiger partial charge in [-0.2, -0.15) is 0 Å².